The van der Waals surface area contributed by atoms with Crippen molar-refractivity contribution >= 4 is 40.1 Å². The Balaban J connectivity index is 1.50. The van der Waals surface area contributed by atoms with E-state index in [2.05, 4.69) is 25.6 Å². The molecule has 1 amide bonds. The van der Waals surface area contributed by atoms with E-state index in [1.807, 2.05) is 0 Å². The third-order valence-electron chi connectivity index (χ3n) is 6.35. The number of halogens is 3. The summed E-state index contributed by atoms with van der Waals surface area (Å²) in [6, 6.07) is 5.35. The highest BCUT2D eigenvalue weighted by Gasteiger charge is 2.36. The summed E-state index contributed by atoms with van der Waals surface area (Å²) in [5.74, 6) is 0.804. The zero-order valence-corrected chi connectivity index (χ0v) is 18.6. The molecule has 2 aromatic heterocycles. The first kappa shape index (κ1) is 22.3. The number of anilines is 4. The van der Waals surface area contributed by atoms with Crippen molar-refractivity contribution in [1.29, 1.82) is 0 Å². The number of hydrogen-bond acceptors (Lipinski definition) is 6. The Kier molecular flexibility index (Phi) is 5.70. The number of nitrogens with one attached hydrogen (secondary N) is 3. The number of hydrogen-bond donors (Lipinski definition) is 3. The summed E-state index contributed by atoms with van der Waals surface area (Å²) in [6.45, 7) is 0.652. The lowest BCUT2D eigenvalue weighted by atomic mass is 10.2. The van der Waals surface area contributed by atoms with Crippen LogP contribution in [0.3, 0.4) is 0 Å². The third kappa shape index (κ3) is 4.22. The molecule has 3 heterocycles. The molecule has 34 heavy (non-hydrogen) atoms. The number of nitrogens with zero attached hydrogens (tertiary/aromatic N) is 3. The van der Waals surface area contributed by atoms with E-state index in [1.54, 1.807) is 23.1 Å². The average Bonchev–Trinajstić information content (AvgIpc) is 3.54. The van der Waals surface area contributed by atoms with Crippen molar-refractivity contribution in [3.63, 3.8) is 0 Å². The van der Waals surface area contributed by atoms with Gasteiger partial charge in [0.25, 0.3) is 0 Å². The number of alkyl halides is 3. The largest absolute Gasteiger partial charge is 0.494 e. The zero-order chi connectivity index (χ0) is 23.9. The Labute approximate surface area is 193 Å². The fraction of sp³-hybridized carbons (Fsp3) is 0.435. The van der Waals surface area contributed by atoms with Gasteiger partial charge < -0.3 is 25.3 Å². The summed E-state index contributed by atoms with van der Waals surface area (Å²) in [5.41, 5.74) is 0.547. The van der Waals surface area contributed by atoms with Crippen LogP contribution in [-0.4, -0.2) is 40.6 Å². The summed E-state index contributed by atoms with van der Waals surface area (Å²) in [7, 11) is 1.51. The zero-order valence-electron chi connectivity index (χ0n) is 18.6. The van der Waals surface area contributed by atoms with E-state index in [0.29, 0.717) is 24.4 Å². The summed E-state index contributed by atoms with van der Waals surface area (Å²) < 4.78 is 46.4. The maximum Gasteiger partial charge on any atom is 0.418 e. The molecule has 2 aliphatic rings. The number of methoxy groups -OCH3 is 1. The van der Waals surface area contributed by atoms with Crippen LogP contribution in [0, 0.1) is 0 Å². The fourth-order valence-corrected chi connectivity index (χ4v) is 4.67. The van der Waals surface area contributed by atoms with Crippen LogP contribution in [0.2, 0.25) is 0 Å². The SMILES string of the molecule is COc1cc(N2CCCC2=O)ccc1Nc1nc(NC2CCCC2)c2c(C(F)(F)F)c[nH]c2n1. The number of amides is 1. The van der Waals surface area contributed by atoms with Crippen molar-refractivity contribution in [2.45, 2.75) is 50.7 Å². The molecule has 5 rings (SSSR count). The van der Waals surface area contributed by atoms with Gasteiger partial charge in [0.2, 0.25) is 11.9 Å². The highest BCUT2D eigenvalue weighted by Crippen LogP contribution is 2.39. The molecule has 2 fully saturated rings. The molecule has 0 bridgehead atoms. The molecule has 0 spiro atoms. The Morgan fingerprint density at radius 2 is 1.97 bits per heavy atom. The first-order valence-corrected chi connectivity index (χ1v) is 11.3. The molecule has 0 unspecified atom stereocenters. The number of carbonyl (C=O) groups is 1. The van der Waals surface area contributed by atoms with E-state index < -0.39 is 11.7 Å². The second-order valence-corrected chi connectivity index (χ2v) is 8.60. The minimum absolute atomic E-state index is 0.0615. The smallest absolute Gasteiger partial charge is 0.418 e. The monoisotopic (exact) mass is 474 g/mol. The van der Waals surface area contributed by atoms with Crippen LogP contribution in [0.5, 0.6) is 5.75 Å². The Bertz CT molecular complexity index is 1220. The lowest BCUT2D eigenvalue weighted by Crippen LogP contribution is -2.23. The topological polar surface area (TPSA) is 95.2 Å². The Morgan fingerprint density at radius 3 is 2.65 bits per heavy atom. The van der Waals surface area contributed by atoms with Crippen LogP contribution in [0.15, 0.2) is 24.4 Å². The van der Waals surface area contributed by atoms with Crippen LogP contribution >= 0.6 is 0 Å². The van der Waals surface area contributed by atoms with Gasteiger partial charge in [-0.15, -0.1) is 0 Å². The third-order valence-corrected chi connectivity index (χ3v) is 6.35. The van der Waals surface area contributed by atoms with Gasteiger partial charge in [0.05, 0.1) is 23.7 Å². The number of benzene rings is 1. The van der Waals surface area contributed by atoms with Crippen molar-refractivity contribution < 1.29 is 22.7 Å². The van der Waals surface area contributed by atoms with Gasteiger partial charge in [0.1, 0.15) is 17.2 Å². The maximum atomic E-state index is 13.6. The quantitative estimate of drug-likeness (QED) is 0.454. The van der Waals surface area contributed by atoms with Crippen LogP contribution in [0.1, 0.15) is 44.1 Å². The minimum Gasteiger partial charge on any atom is -0.494 e. The molecule has 8 nitrogen and oxygen atoms in total. The second kappa shape index (κ2) is 8.69. The van der Waals surface area contributed by atoms with Crippen molar-refractivity contribution in [2.75, 3.05) is 29.2 Å². The molecule has 1 saturated carbocycles. The number of carbonyl (C=O) groups excluding carboxylic acids is 1. The molecular weight excluding hydrogens is 449 g/mol. The minimum atomic E-state index is -4.53. The van der Waals surface area contributed by atoms with E-state index in [0.717, 1.165) is 44.0 Å². The van der Waals surface area contributed by atoms with Crippen LogP contribution in [0.25, 0.3) is 11.0 Å². The summed E-state index contributed by atoms with van der Waals surface area (Å²) in [5, 5.41) is 6.20. The Morgan fingerprint density at radius 1 is 1.18 bits per heavy atom. The van der Waals surface area contributed by atoms with Crippen LogP contribution in [0.4, 0.5) is 36.3 Å². The molecule has 0 atom stereocenters. The molecule has 3 N–H and O–H groups in total. The average molecular weight is 474 g/mol. The molecule has 0 radical (unpaired) electrons. The highest BCUT2D eigenvalue weighted by atomic mass is 19.4. The Hall–Kier alpha value is -3.50. The number of aromatic amines is 1. The number of ether oxygens (including phenoxy) is 1. The first-order valence-electron chi connectivity index (χ1n) is 11.3. The molecule has 11 heteroatoms. The van der Waals surface area contributed by atoms with Gasteiger partial charge in [-0.05, 0) is 31.4 Å². The predicted molar refractivity (Wildman–Crippen MR) is 123 cm³/mol. The molecular formula is C23H25F3N6O2. The maximum absolute atomic E-state index is 13.6. The normalized spacial score (nSPS) is 17.1. The molecule has 1 aliphatic heterocycles. The van der Waals surface area contributed by atoms with Crippen LogP contribution < -0.4 is 20.3 Å². The molecule has 1 saturated heterocycles. The number of aromatic nitrogens is 3. The first-order chi connectivity index (χ1) is 16.3. The van der Waals surface area contributed by atoms with Gasteiger partial charge >= 0.3 is 6.18 Å². The van der Waals surface area contributed by atoms with Crippen molar-refractivity contribution in [2.24, 2.45) is 0 Å². The van der Waals surface area contributed by atoms with Crippen molar-refractivity contribution in [3.05, 3.63) is 30.0 Å². The van der Waals surface area contributed by atoms with Gasteiger partial charge in [0, 0.05) is 37.0 Å². The summed E-state index contributed by atoms with van der Waals surface area (Å²) in [4.78, 5) is 25.1. The van der Waals surface area contributed by atoms with Gasteiger partial charge in [-0.2, -0.15) is 23.1 Å². The predicted octanol–water partition coefficient (Wildman–Crippen LogP) is 5.21. The lowest BCUT2D eigenvalue weighted by molar-refractivity contribution is -0.136. The number of rotatable bonds is 6. The van der Waals surface area contributed by atoms with E-state index >= 15 is 0 Å². The van der Waals surface area contributed by atoms with Gasteiger partial charge in [-0.1, -0.05) is 12.8 Å². The number of fused-ring (bicyclic) bond motifs is 1. The van der Waals surface area contributed by atoms with E-state index in [-0.39, 0.29) is 34.7 Å². The summed E-state index contributed by atoms with van der Waals surface area (Å²) >= 11 is 0. The van der Waals surface area contributed by atoms with Gasteiger partial charge in [0.15, 0.2) is 0 Å². The van der Waals surface area contributed by atoms with Gasteiger partial charge in [-0.25, -0.2) is 0 Å². The van der Waals surface area contributed by atoms with Crippen molar-refractivity contribution in [3.8, 4) is 5.75 Å². The molecule has 1 aliphatic carbocycles. The standard InChI is InChI=1S/C23H25F3N6O2/c1-34-17-11-14(32-10-4-7-18(32)33)8-9-16(17)29-22-30-20-19(15(12-27-20)23(24,25)26)21(31-22)28-13-5-2-3-6-13/h8-9,11-13H,2-7,10H2,1H3,(H3,27,28,29,30,31). The second-order valence-electron chi connectivity index (χ2n) is 8.60. The molecule has 3 aromatic rings. The lowest BCUT2D eigenvalue weighted by Gasteiger charge is -2.19. The number of H-pyrrole nitrogens is 1. The van der Waals surface area contributed by atoms with E-state index in [9.17, 15) is 18.0 Å². The van der Waals surface area contributed by atoms with Crippen LogP contribution in [-0.2, 0) is 11.0 Å². The molecule has 180 valence electrons. The molecule has 1 aromatic carbocycles. The van der Waals surface area contributed by atoms with Gasteiger partial charge in [-0.3, -0.25) is 4.79 Å². The fourth-order valence-electron chi connectivity index (χ4n) is 4.67. The highest BCUT2D eigenvalue weighted by molar-refractivity contribution is 5.96. The van der Waals surface area contributed by atoms with Crippen molar-refractivity contribution in [1.82, 2.24) is 15.0 Å². The summed E-state index contributed by atoms with van der Waals surface area (Å²) in [6.07, 6.45) is 1.53. The van der Waals surface area contributed by atoms with E-state index in [4.69, 9.17) is 4.74 Å². The van der Waals surface area contributed by atoms with E-state index in [1.165, 1.54) is 7.11 Å².